The van der Waals surface area contributed by atoms with Crippen LogP contribution < -0.4 is 4.74 Å². The first-order valence-corrected chi connectivity index (χ1v) is 5.09. The molecule has 0 saturated carbocycles. The van der Waals surface area contributed by atoms with Crippen molar-refractivity contribution in [1.29, 1.82) is 0 Å². The Labute approximate surface area is 89.7 Å². The lowest BCUT2D eigenvalue weighted by Gasteiger charge is -2.10. The van der Waals surface area contributed by atoms with Gasteiger partial charge in [-0.15, -0.1) is 0 Å². The van der Waals surface area contributed by atoms with E-state index in [9.17, 15) is 4.79 Å². The van der Waals surface area contributed by atoms with Crippen molar-refractivity contribution in [1.82, 2.24) is 0 Å². The van der Waals surface area contributed by atoms with Crippen LogP contribution in [0.15, 0.2) is 24.3 Å². The Morgan fingerprint density at radius 1 is 1.53 bits per heavy atom. The molecule has 0 aliphatic carbocycles. The maximum absolute atomic E-state index is 10.7. The molecule has 15 heavy (non-hydrogen) atoms. The lowest BCUT2D eigenvalue weighted by Crippen LogP contribution is -2.07. The van der Waals surface area contributed by atoms with Gasteiger partial charge in [0, 0.05) is 0 Å². The molecule has 1 aromatic carbocycles. The summed E-state index contributed by atoms with van der Waals surface area (Å²) in [6, 6.07) is 6.56. The molecule has 0 fully saturated rings. The van der Waals surface area contributed by atoms with Gasteiger partial charge in [-0.2, -0.15) is 0 Å². The Bertz CT molecular complexity index is 333. The van der Waals surface area contributed by atoms with Crippen molar-refractivity contribution in [2.24, 2.45) is 5.92 Å². The maximum Gasteiger partial charge on any atom is 0.335 e. The van der Waals surface area contributed by atoms with Crippen LogP contribution in [0.1, 0.15) is 30.6 Å². The Morgan fingerprint density at radius 3 is 2.87 bits per heavy atom. The molecule has 0 saturated heterocycles. The number of carbonyl (C=O) groups is 1. The van der Waals surface area contributed by atoms with Gasteiger partial charge in [-0.3, -0.25) is 0 Å². The predicted octanol–water partition coefficient (Wildman–Crippen LogP) is 2.81. The average Bonchev–Trinajstić information content (AvgIpc) is 2.26. The van der Waals surface area contributed by atoms with E-state index in [1.165, 1.54) is 0 Å². The number of hydrogen-bond donors (Lipinski definition) is 1. The second kappa shape index (κ2) is 5.39. The fraction of sp³-hybridized carbons (Fsp3) is 0.417. The summed E-state index contributed by atoms with van der Waals surface area (Å²) in [6.45, 7) is 4.82. The summed E-state index contributed by atoms with van der Waals surface area (Å²) in [4.78, 5) is 10.7. The lowest BCUT2D eigenvalue weighted by molar-refractivity contribution is 0.0696. The van der Waals surface area contributed by atoms with E-state index in [2.05, 4.69) is 13.8 Å². The zero-order valence-corrected chi connectivity index (χ0v) is 9.06. The van der Waals surface area contributed by atoms with E-state index in [1.807, 2.05) is 0 Å². The number of benzene rings is 1. The van der Waals surface area contributed by atoms with Gasteiger partial charge in [-0.25, -0.2) is 4.79 Å². The molecule has 1 aromatic rings. The Kier molecular flexibility index (Phi) is 4.16. The molecule has 3 nitrogen and oxygen atoms in total. The molecular weight excluding hydrogens is 192 g/mol. The summed E-state index contributed by atoms with van der Waals surface area (Å²) in [5.41, 5.74) is 0.261. The number of carboxylic acids is 1. The monoisotopic (exact) mass is 208 g/mol. The Balaban J connectivity index is 2.62. The smallest absolute Gasteiger partial charge is 0.335 e. The topological polar surface area (TPSA) is 46.5 Å². The average molecular weight is 208 g/mol. The molecule has 82 valence electrons. The highest BCUT2D eigenvalue weighted by molar-refractivity contribution is 5.87. The summed E-state index contributed by atoms with van der Waals surface area (Å²) >= 11 is 0. The van der Waals surface area contributed by atoms with Crippen molar-refractivity contribution in [2.45, 2.75) is 20.3 Å². The third kappa shape index (κ3) is 3.62. The predicted molar refractivity (Wildman–Crippen MR) is 58.4 cm³/mol. The van der Waals surface area contributed by atoms with E-state index in [1.54, 1.807) is 24.3 Å². The molecule has 1 unspecified atom stereocenters. The zero-order chi connectivity index (χ0) is 11.3. The van der Waals surface area contributed by atoms with Crippen molar-refractivity contribution in [3.05, 3.63) is 29.8 Å². The second-order valence-electron chi connectivity index (χ2n) is 3.66. The van der Waals surface area contributed by atoms with Gasteiger partial charge in [-0.1, -0.05) is 26.3 Å². The molecule has 0 spiro atoms. The highest BCUT2D eigenvalue weighted by Crippen LogP contribution is 2.14. The van der Waals surface area contributed by atoms with Gasteiger partial charge in [0.15, 0.2) is 0 Å². The van der Waals surface area contributed by atoms with E-state index in [4.69, 9.17) is 9.84 Å². The van der Waals surface area contributed by atoms with Crippen LogP contribution in [0.2, 0.25) is 0 Å². The fourth-order valence-corrected chi connectivity index (χ4v) is 1.08. The number of aromatic carboxylic acids is 1. The van der Waals surface area contributed by atoms with Gasteiger partial charge in [0.25, 0.3) is 0 Å². The van der Waals surface area contributed by atoms with Crippen molar-refractivity contribution >= 4 is 5.97 Å². The maximum atomic E-state index is 10.7. The van der Waals surface area contributed by atoms with Crippen molar-refractivity contribution in [3.63, 3.8) is 0 Å². The van der Waals surface area contributed by atoms with Gasteiger partial charge >= 0.3 is 5.97 Å². The Hall–Kier alpha value is -1.51. The molecule has 0 aliphatic rings. The molecule has 1 rings (SSSR count). The molecule has 0 bridgehead atoms. The van der Waals surface area contributed by atoms with E-state index >= 15 is 0 Å². The van der Waals surface area contributed by atoms with Crippen molar-refractivity contribution in [3.8, 4) is 5.75 Å². The number of carboxylic acid groups (broad SMARTS) is 1. The standard InChI is InChI=1S/C12H16O3/c1-3-9(2)8-15-11-6-4-5-10(7-11)12(13)14/h4-7,9H,3,8H2,1-2H3,(H,13,14). The van der Waals surface area contributed by atoms with Crippen LogP contribution in [0.5, 0.6) is 5.75 Å². The van der Waals surface area contributed by atoms with Gasteiger partial charge in [-0.05, 0) is 24.1 Å². The van der Waals surface area contributed by atoms with Crippen molar-refractivity contribution < 1.29 is 14.6 Å². The van der Waals surface area contributed by atoms with E-state index in [-0.39, 0.29) is 5.56 Å². The number of rotatable bonds is 5. The second-order valence-corrected chi connectivity index (χ2v) is 3.66. The minimum Gasteiger partial charge on any atom is -0.493 e. The van der Waals surface area contributed by atoms with Crippen LogP contribution in [0, 0.1) is 5.92 Å². The molecule has 0 radical (unpaired) electrons. The van der Waals surface area contributed by atoms with Crippen LogP contribution >= 0.6 is 0 Å². The molecule has 0 heterocycles. The first-order valence-electron chi connectivity index (χ1n) is 5.09. The van der Waals surface area contributed by atoms with E-state index in [0.29, 0.717) is 18.3 Å². The highest BCUT2D eigenvalue weighted by atomic mass is 16.5. The van der Waals surface area contributed by atoms with Crippen LogP contribution in [0.4, 0.5) is 0 Å². The molecular formula is C12H16O3. The van der Waals surface area contributed by atoms with E-state index < -0.39 is 5.97 Å². The third-order valence-corrected chi connectivity index (χ3v) is 2.31. The van der Waals surface area contributed by atoms with Crippen LogP contribution in [-0.4, -0.2) is 17.7 Å². The van der Waals surface area contributed by atoms with E-state index in [0.717, 1.165) is 6.42 Å². The fourth-order valence-electron chi connectivity index (χ4n) is 1.08. The summed E-state index contributed by atoms with van der Waals surface area (Å²) in [7, 11) is 0. The van der Waals surface area contributed by atoms with Crippen LogP contribution in [0.3, 0.4) is 0 Å². The molecule has 3 heteroatoms. The van der Waals surface area contributed by atoms with Gasteiger partial charge in [0.1, 0.15) is 5.75 Å². The summed E-state index contributed by atoms with van der Waals surface area (Å²) < 4.78 is 5.49. The highest BCUT2D eigenvalue weighted by Gasteiger charge is 2.05. The molecule has 0 amide bonds. The summed E-state index contributed by atoms with van der Waals surface area (Å²) in [5.74, 6) is 0.178. The minimum atomic E-state index is -0.927. The quantitative estimate of drug-likeness (QED) is 0.809. The van der Waals surface area contributed by atoms with Crippen molar-refractivity contribution in [2.75, 3.05) is 6.61 Å². The third-order valence-electron chi connectivity index (χ3n) is 2.31. The minimum absolute atomic E-state index is 0.261. The first kappa shape index (κ1) is 11.6. The van der Waals surface area contributed by atoms with Crippen LogP contribution in [0.25, 0.3) is 0 Å². The molecule has 1 atom stereocenters. The number of hydrogen-bond acceptors (Lipinski definition) is 2. The van der Waals surface area contributed by atoms with Gasteiger partial charge in [0.2, 0.25) is 0 Å². The SMILES string of the molecule is CCC(C)COc1cccc(C(=O)O)c1. The molecule has 0 aromatic heterocycles. The summed E-state index contributed by atoms with van der Waals surface area (Å²) in [6.07, 6.45) is 1.05. The lowest BCUT2D eigenvalue weighted by atomic mass is 10.1. The zero-order valence-electron chi connectivity index (χ0n) is 9.06. The first-order chi connectivity index (χ1) is 7.13. The largest absolute Gasteiger partial charge is 0.493 e. The molecule has 1 N–H and O–H groups in total. The Morgan fingerprint density at radius 2 is 2.27 bits per heavy atom. The van der Waals surface area contributed by atoms with Gasteiger partial charge in [0.05, 0.1) is 12.2 Å². The van der Waals surface area contributed by atoms with Crippen LogP contribution in [-0.2, 0) is 0 Å². The van der Waals surface area contributed by atoms with Gasteiger partial charge < -0.3 is 9.84 Å². The molecule has 0 aliphatic heterocycles. The number of ether oxygens (including phenoxy) is 1. The summed E-state index contributed by atoms with van der Waals surface area (Å²) in [5, 5.41) is 8.78. The normalized spacial score (nSPS) is 12.1.